The molecule has 0 unspecified atom stereocenters. The van der Waals surface area contributed by atoms with Crippen LogP contribution < -0.4 is 5.32 Å². The number of methoxy groups -OCH3 is 1. The van der Waals surface area contributed by atoms with Crippen LogP contribution in [0.3, 0.4) is 0 Å². The average molecular weight is 232 g/mol. The highest BCUT2D eigenvalue weighted by Gasteiger charge is 2.10. The van der Waals surface area contributed by atoms with Gasteiger partial charge < -0.3 is 15.0 Å². The summed E-state index contributed by atoms with van der Waals surface area (Å²) in [5.41, 5.74) is 1.67. The summed E-state index contributed by atoms with van der Waals surface area (Å²) in [5.74, 6) is -0.0430. The van der Waals surface area contributed by atoms with Gasteiger partial charge in [0.1, 0.15) is 0 Å². The van der Waals surface area contributed by atoms with Crippen molar-refractivity contribution in [3.63, 3.8) is 0 Å². The van der Waals surface area contributed by atoms with Crippen LogP contribution in [0.15, 0.2) is 30.5 Å². The number of ether oxygens (including phenoxy) is 1. The van der Waals surface area contributed by atoms with Crippen LogP contribution in [0.4, 0.5) is 0 Å². The Balaban J connectivity index is 2.04. The first kappa shape index (κ1) is 11.7. The highest BCUT2D eigenvalue weighted by atomic mass is 16.5. The lowest BCUT2D eigenvalue weighted by Crippen LogP contribution is -2.24. The normalized spacial score (nSPS) is 10.6. The van der Waals surface area contributed by atoms with Crippen molar-refractivity contribution >= 4 is 16.8 Å². The average Bonchev–Trinajstić information content (AvgIpc) is 2.78. The van der Waals surface area contributed by atoms with Gasteiger partial charge in [-0.25, -0.2) is 0 Å². The number of para-hydroxylation sites is 1. The van der Waals surface area contributed by atoms with Crippen molar-refractivity contribution in [2.75, 3.05) is 20.3 Å². The molecule has 2 rings (SSSR count). The molecule has 1 aromatic carbocycles. The lowest BCUT2D eigenvalue weighted by Gasteiger charge is -2.03. The van der Waals surface area contributed by atoms with Gasteiger partial charge in [-0.15, -0.1) is 0 Å². The zero-order valence-electron chi connectivity index (χ0n) is 9.82. The third-order valence-corrected chi connectivity index (χ3v) is 2.64. The second kappa shape index (κ2) is 5.50. The number of carbonyl (C=O) groups excluding carboxylic acids is 1. The van der Waals surface area contributed by atoms with E-state index in [-0.39, 0.29) is 5.91 Å². The van der Waals surface area contributed by atoms with Gasteiger partial charge in [0, 0.05) is 37.4 Å². The predicted octanol–water partition coefficient (Wildman–Crippen LogP) is 1.93. The van der Waals surface area contributed by atoms with Gasteiger partial charge in [0.25, 0.3) is 5.91 Å². The van der Waals surface area contributed by atoms with E-state index in [2.05, 4.69) is 10.3 Å². The molecule has 90 valence electrons. The van der Waals surface area contributed by atoms with E-state index >= 15 is 0 Å². The SMILES string of the molecule is COCCCNC(=O)c1c[nH]c2ccccc12. The fourth-order valence-electron chi connectivity index (χ4n) is 1.77. The smallest absolute Gasteiger partial charge is 0.253 e. The number of fused-ring (bicyclic) bond motifs is 1. The number of rotatable bonds is 5. The molecule has 1 amide bonds. The highest BCUT2D eigenvalue weighted by molar-refractivity contribution is 6.06. The molecule has 4 nitrogen and oxygen atoms in total. The third kappa shape index (κ3) is 2.65. The second-order valence-corrected chi connectivity index (χ2v) is 3.85. The standard InChI is InChI=1S/C13H16N2O2/c1-17-8-4-7-14-13(16)11-9-15-12-6-3-2-5-10(11)12/h2-3,5-6,9,15H,4,7-8H2,1H3,(H,14,16). The molecule has 2 N–H and O–H groups in total. The zero-order chi connectivity index (χ0) is 12.1. The van der Waals surface area contributed by atoms with E-state index in [4.69, 9.17) is 4.74 Å². The van der Waals surface area contributed by atoms with Gasteiger partial charge >= 0.3 is 0 Å². The van der Waals surface area contributed by atoms with Gasteiger partial charge in [0.2, 0.25) is 0 Å². The molecule has 0 saturated carbocycles. The van der Waals surface area contributed by atoms with Gasteiger partial charge in [-0.05, 0) is 12.5 Å². The largest absolute Gasteiger partial charge is 0.385 e. The number of H-pyrrole nitrogens is 1. The van der Waals surface area contributed by atoms with Crippen molar-refractivity contribution in [1.29, 1.82) is 0 Å². The highest BCUT2D eigenvalue weighted by Crippen LogP contribution is 2.17. The number of amides is 1. The monoisotopic (exact) mass is 232 g/mol. The maximum absolute atomic E-state index is 11.9. The molecule has 0 spiro atoms. The van der Waals surface area contributed by atoms with Crippen LogP contribution in [0.25, 0.3) is 10.9 Å². The van der Waals surface area contributed by atoms with Crippen LogP contribution in [-0.4, -0.2) is 31.2 Å². The molecule has 1 aromatic heterocycles. The summed E-state index contributed by atoms with van der Waals surface area (Å²) >= 11 is 0. The van der Waals surface area contributed by atoms with Crippen molar-refractivity contribution < 1.29 is 9.53 Å². The Labute approximate surface area is 100.0 Å². The molecule has 0 fully saturated rings. The van der Waals surface area contributed by atoms with E-state index in [0.29, 0.717) is 18.7 Å². The number of nitrogens with one attached hydrogen (secondary N) is 2. The Morgan fingerprint density at radius 2 is 2.24 bits per heavy atom. The molecular formula is C13H16N2O2. The maximum atomic E-state index is 11.9. The summed E-state index contributed by atoms with van der Waals surface area (Å²) in [6.45, 7) is 1.29. The van der Waals surface area contributed by atoms with Crippen LogP contribution in [0, 0.1) is 0 Å². The topological polar surface area (TPSA) is 54.1 Å². The first-order valence-corrected chi connectivity index (χ1v) is 5.66. The summed E-state index contributed by atoms with van der Waals surface area (Å²) in [4.78, 5) is 15.0. The van der Waals surface area contributed by atoms with Gasteiger partial charge in [0.05, 0.1) is 5.56 Å². The zero-order valence-corrected chi connectivity index (χ0v) is 9.82. The number of aromatic nitrogens is 1. The van der Waals surface area contributed by atoms with Crippen molar-refractivity contribution in [3.8, 4) is 0 Å². The van der Waals surface area contributed by atoms with E-state index < -0.39 is 0 Å². The summed E-state index contributed by atoms with van der Waals surface area (Å²) < 4.78 is 4.93. The molecule has 0 saturated heterocycles. The molecule has 0 aliphatic rings. The Morgan fingerprint density at radius 1 is 1.41 bits per heavy atom. The first-order valence-electron chi connectivity index (χ1n) is 5.66. The van der Waals surface area contributed by atoms with Crippen LogP contribution in [0.5, 0.6) is 0 Å². The molecule has 4 heteroatoms. The van der Waals surface area contributed by atoms with Crippen molar-refractivity contribution in [3.05, 3.63) is 36.0 Å². The molecule has 0 atom stereocenters. The van der Waals surface area contributed by atoms with Gasteiger partial charge in [-0.2, -0.15) is 0 Å². The molecule has 0 aliphatic carbocycles. The molecule has 1 heterocycles. The van der Waals surface area contributed by atoms with Gasteiger partial charge in [0.15, 0.2) is 0 Å². The van der Waals surface area contributed by atoms with Gasteiger partial charge in [-0.3, -0.25) is 4.79 Å². The molecule has 0 radical (unpaired) electrons. The number of carbonyl (C=O) groups is 1. The van der Waals surface area contributed by atoms with E-state index in [1.54, 1.807) is 13.3 Å². The van der Waals surface area contributed by atoms with E-state index in [1.165, 1.54) is 0 Å². The Hall–Kier alpha value is -1.81. The first-order chi connectivity index (χ1) is 8.33. The Morgan fingerprint density at radius 3 is 3.06 bits per heavy atom. The molecule has 0 aliphatic heterocycles. The predicted molar refractivity (Wildman–Crippen MR) is 67.1 cm³/mol. The number of hydrogen-bond donors (Lipinski definition) is 2. The molecule has 17 heavy (non-hydrogen) atoms. The van der Waals surface area contributed by atoms with Gasteiger partial charge in [-0.1, -0.05) is 18.2 Å². The summed E-state index contributed by atoms with van der Waals surface area (Å²) in [7, 11) is 1.65. The number of aromatic amines is 1. The fraction of sp³-hybridized carbons (Fsp3) is 0.308. The lowest BCUT2D eigenvalue weighted by atomic mass is 10.1. The van der Waals surface area contributed by atoms with E-state index in [1.807, 2.05) is 24.3 Å². The quantitative estimate of drug-likeness (QED) is 0.774. The minimum absolute atomic E-state index is 0.0430. The van der Waals surface area contributed by atoms with Crippen molar-refractivity contribution in [2.45, 2.75) is 6.42 Å². The van der Waals surface area contributed by atoms with Crippen LogP contribution in [0.1, 0.15) is 16.8 Å². The van der Waals surface area contributed by atoms with E-state index in [9.17, 15) is 4.79 Å². The van der Waals surface area contributed by atoms with Crippen molar-refractivity contribution in [2.24, 2.45) is 0 Å². The minimum Gasteiger partial charge on any atom is -0.385 e. The Bertz CT molecular complexity index is 505. The van der Waals surface area contributed by atoms with Crippen LogP contribution >= 0.6 is 0 Å². The number of hydrogen-bond acceptors (Lipinski definition) is 2. The van der Waals surface area contributed by atoms with E-state index in [0.717, 1.165) is 17.3 Å². The van der Waals surface area contributed by atoms with Crippen LogP contribution in [0.2, 0.25) is 0 Å². The third-order valence-electron chi connectivity index (χ3n) is 2.64. The Kier molecular flexibility index (Phi) is 3.77. The number of benzene rings is 1. The lowest BCUT2D eigenvalue weighted by molar-refractivity contribution is 0.0950. The molecule has 0 bridgehead atoms. The molecule has 2 aromatic rings. The second-order valence-electron chi connectivity index (χ2n) is 3.85. The van der Waals surface area contributed by atoms with Crippen molar-refractivity contribution in [1.82, 2.24) is 10.3 Å². The minimum atomic E-state index is -0.0430. The molecular weight excluding hydrogens is 216 g/mol. The summed E-state index contributed by atoms with van der Waals surface area (Å²) in [6, 6.07) is 7.77. The van der Waals surface area contributed by atoms with Crippen LogP contribution in [-0.2, 0) is 4.74 Å². The summed E-state index contributed by atoms with van der Waals surface area (Å²) in [6.07, 6.45) is 2.57. The fourth-order valence-corrected chi connectivity index (χ4v) is 1.77. The summed E-state index contributed by atoms with van der Waals surface area (Å²) in [5, 5.41) is 3.83. The maximum Gasteiger partial charge on any atom is 0.253 e.